The molecule has 0 aromatic heterocycles. The topological polar surface area (TPSA) is 18.5 Å². The molecular formula is C50H46O2. The molecule has 0 aliphatic rings. The van der Waals surface area contributed by atoms with E-state index in [1.54, 1.807) is 0 Å². The molecule has 5 aromatic carbocycles. The minimum atomic E-state index is 0.624. The van der Waals surface area contributed by atoms with Gasteiger partial charge in [-0.2, -0.15) is 0 Å². The van der Waals surface area contributed by atoms with E-state index in [4.69, 9.17) is 9.47 Å². The van der Waals surface area contributed by atoms with Crippen molar-refractivity contribution in [2.75, 3.05) is 13.2 Å². The highest BCUT2D eigenvalue weighted by Crippen LogP contribution is 2.29. The Bertz CT molecular complexity index is 1940. The van der Waals surface area contributed by atoms with Crippen molar-refractivity contribution >= 4 is 0 Å². The highest BCUT2D eigenvalue weighted by Gasteiger charge is 2.11. The maximum absolute atomic E-state index is 6.39. The predicted octanol–water partition coefficient (Wildman–Crippen LogP) is 11.2. The van der Waals surface area contributed by atoms with Crippen molar-refractivity contribution in [2.45, 2.75) is 65.2 Å². The van der Waals surface area contributed by atoms with Crippen LogP contribution >= 0.6 is 0 Å². The van der Waals surface area contributed by atoms with Crippen LogP contribution in [0.5, 0.6) is 11.5 Å². The van der Waals surface area contributed by atoms with E-state index in [0.717, 1.165) is 81.7 Å². The van der Waals surface area contributed by atoms with Crippen LogP contribution in [0.4, 0.5) is 0 Å². The molecule has 0 aliphatic carbocycles. The number of benzene rings is 5. The average Bonchev–Trinajstić information content (AvgIpc) is 3.19. The Balaban J connectivity index is 1.41. The van der Waals surface area contributed by atoms with Crippen LogP contribution < -0.4 is 9.47 Å². The number of ether oxygens (including phenoxy) is 2. The Morgan fingerprint density at radius 3 is 0.981 bits per heavy atom. The normalized spacial score (nSPS) is 9.88. The summed E-state index contributed by atoms with van der Waals surface area (Å²) in [5, 5.41) is 0. The highest BCUT2D eigenvalue weighted by atomic mass is 16.5. The van der Waals surface area contributed by atoms with E-state index in [0.29, 0.717) is 13.2 Å². The molecular weight excluding hydrogens is 633 g/mol. The minimum Gasteiger partial charge on any atom is -0.492 e. The lowest BCUT2D eigenvalue weighted by molar-refractivity contribution is 0.295. The first-order chi connectivity index (χ1) is 25.7. The van der Waals surface area contributed by atoms with E-state index < -0.39 is 0 Å². The lowest BCUT2D eigenvalue weighted by Gasteiger charge is -2.14. The van der Waals surface area contributed by atoms with Gasteiger partial charge in [-0.1, -0.05) is 136 Å². The van der Waals surface area contributed by atoms with E-state index in [1.807, 2.05) is 121 Å². The Morgan fingerprint density at radius 2 is 0.654 bits per heavy atom. The first kappa shape index (κ1) is 37.2. The van der Waals surface area contributed by atoms with Gasteiger partial charge in [0.25, 0.3) is 0 Å². The monoisotopic (exact) mass is 678 g/mol. The summed E-state index contributed by atoms with van der Waals surface area (Å²) in [6, 6.07) is 40.1. The molecule has 0 unspecified atom stereocenters. The van der Waals surface area contributed by atoms with E-state index in [1.165, 1.54) is 25.7 Å². The fraction of sp³-hybridized carbons (Fsp3) is 0.240. The summed E-state index contributed by atoms with van der Waals surface area (Å²) in [5.41, 5.74) is 7.27. The molecule has 0 spiro atoms. The lowest BCUT2D eigenvalue weighted by Crippen LogP contribution is -2.03. The van der Waals surface area contributed by atoms with Crippen LogP contribution in [0.3, 0.4) is 0 Å². The molecule has 0 aliphatic heterocycles. The van der Waals surface area contributed by atoms with Gasteiger partial charge in [0.05, 0.1) is 24.3 Å². The third kappa shape index (κ3) is 12.7. The highest BCUT2D eigenvalue weighted by molar-refractivity contribution is 5.61. The van der Waals surface area contributed by atoms with Gasteiger partial charge >= 0.3 is 0 Å². The zero-order chi connectivity index (χ0) is 36.1. The smallest absolute Gasteiger partial charge is 0.136 e. The van der Waals surface area contributed by atoms with Crippen LogP contribution in [-0.2, 0) is 0 Å². The van der Waals surface area contributed by atoms with Crippen LogP contribution in [0.25, 0.3) is 0 Å². The van der Waals surface area contributed by atoms with Crippen LogP contribution in [0.15, 0.2) is 121 Å². The molecule has 0 radical (unpaired) electrons. The maximum Gasteiger partial charge on any atom is 0.136 e. The largest absolute Gasteiger partial charge is 0.492 e. The summed E-state index contributed by atoms with van der Waals surface area (Å²) in [7, 11) is 0. The zero-order valence-corrected chi connectivity index (χ0v) is 30.4. The van der Waals surface area contributed by atoms with Gasteiger partial charge < -0.3 is 9.47 Å². The van der Waals surface area contributed by atoms with Crippen molar-refractivity contribution in [1.82, 2.24) is 0 Å². The summed E-state index contributed by atoms with van der Waals surface area (Å²) in [6.07, 6.45) is 8.99. The van der Waals surface area contributed by atoms with Gasteiger partial charge in [0, 0.05) is 45.5 Å². The van der Waals surface area contributed by atoms with Gasteiger partial charge in [-0.05, 0) is 85.6 Å². The second-order valence-electron chi connectivity index (χ2n) is 12.5. The SMILES string of the molecule is CCCCCCOc1cc(C#Cc2ccc(C#Cc3ccccc3)cc2)c(OCCCCCC)cc1C#Cc1ccc(C#Cc2ccccc2)cc1. The van der Waals surface area contributed by atoms with Crippen LogP contribution in [0.1, 0.15) is 110 Å². The van der Waals surface area contributed by atoms with E-state index in [2.05, 4.69) is 61.2 Å². The van der Waals surface area contributed by atoms with Crippen molar-refractivity contribution in [3.8, 4) is 58.9 Å². The van der Waals surface area contributed by atoms with Gasteiger partial charge in [0.2, 0.25) is 0 Å². The van der Waals surface area contributed by atoms with Crippen molar-refractivity contribution < 1.29 is 9.47 Å². The molecule has 5 rings (SSSR count). The molecule has 0 atom stereocenters. The van der Waals surface area contributed by atoms with Crippen LogP contribution in [0.2, 0.25) is 0 Å². The fourth-order valence-corrected chi connectivity index (χ4v) is 5.30. The summed E-state index contributed by atoms with van der Waals surface area (Å²) in [6.45, 7) is 5.68. The van der Waals surface area contributed by atoms with Crippen molar-refractivity contribution in [1.29, 1.82) is 0 Å². The van der Waals surface area contributed by atoms with Gasteiger partial charge in [-0.25, -0.2) is 0 Å². The third-order valence-electron chi connectivity index (χ3n) is 8.30. The van der Waals surface area contributed by atoms with Crippen molar-refractivity contribution in [2.24, 2.45) is 0 Å². The first-order valence-electron chi connectivity index (χ1n) is 18.5. The number of hydrogen-bond acceptors (Lipinski definition) is 2. The van der Waals surface area contributed by atoms with Crippen LogP contribution in [-0.4, -0.2) is 13.2 Å². The predicted molar refractivity (Wildman–Crippen MR) is 215 cm³/mol. The second kappa shape index (κ2) is 21.2. The molecule has 52 heavy (non-hydrogen) atoms. The minimum absolute atomic E-state index is 0.624. The summed E-state index contributed by atoms with van der Waals surface area (Å²) < 4.78 is 12.8. The summed E-state index contributed by atoms with van der Waals surface area (Å²) in [5.74, 6) is 27.8. The molecule has 0 N–H and O–H groups in total. The van der Waals surface area contributed by atoms with E-state index in [-0.39, 0.29) is 0 Å². The van der Waals surface area contributed by atoms with Crippen molar-refractivity contribution in [3.05, 3.63) is 166 Å². The zero-order valence-electron chi connectivity index (χ0n) is 30.4. The molecule has 0 saturated carbocycles. The molecule has 5 aromatic rings. The molecule has 2 heteroatoms. The standard InChI is InChI=1S/C50H46O2/c1-3-5-7-15-37-51-49-39-48(36-34-46-31-27-44(28-32-46)24-22-42-19-13-10-14-20-42)50(52-38-16-8-6-4-2)40-47(49)35-33-45-29-25-43(26-30-45)23-21-41-17-11-9-12-18-41/h9-14,17-20,25-32,39-40H,3-8,15-16,37-38H2,1-2H3. The summed E-state index contributed by atoms with van der Waals surface area (Å²) >= 11 is 0. The van der Waals surface area contributed by atoms with Gasteiger partial charge in [0.1, 0.15) is 11.5 Å². The summed E-state index contributed by atoms with van der Waals surface area (Å²) in [4.78, 5) is 0. The Hall–Kier alpha value is -6.06. The molecule has 0 heterocycles. The molecule has 2 nitrogen and oxygen atoms in total. The molecule has 0 amide bonds. The lowest BCUT2D eigenvalue weighted by atomic mass is 10.1. The quantitative estimate of drug-likeness (QED) is 0.0966. The molecule has 0 fully saturated rings. The third-order valence-corrected chi connectivity index (χ3v) is 8.30. The van der Waals surface area contributed by atoms with Gasteiger partial charge in [0.15, 0.2) is 0 Å². The first-order valence-corrected chi connectivity index (χ1v) is 18.5. The number of rotatable bonds is 12. The molecule has 258 valence electrons. The van der Waals surface area contributed by atoms with Crippen molar-refractivity contribution in [3.63, 3.8) is 0 Å². The Kier molecular flexibility index (Phi) is 15.2. The second-order valence-corrected chi connectivity index (χ2v) is 12.5. The fourth-order valence-electron chi connectivity index (χ4n) is 5.30. The molecule has 0 saturated heterocycles. The number of unbranched alkanes of at least 4 members (excludes halogenated alkanes) is 6. The number of hydrogen-bond donors (Lipinski definition) is 0. The average molecular weight is 679 g/mol. The maximum atomic E-state index is 6.39. The molecule has 0 bridgehead atoms. The Morgan fingerprint density at radius 1 is 0.346 bits per heavy atom. The van der Waals surface area contributed by atoms with Gasteiger partial charge in [-0.3, -0.25) is 0 Å². The van der Waals surface area contributed by atoms with E-state index in [9.17, 15) is 0 Å². The van der Waals surface area contributed by atoms with E-state index >= 15 is 0 Å². The van der Waals surface area contributed by atoms with Gasteiger partial charge in [-0.15, -0.1) is 0 Å². The Labute approximate surface area is 311 Å². The van der Waals surface area contributed by atoms with Crippen LogP contribution in [0, 0.1) is 47.4 Å².